The van der Waals surface area contributed by atoms with Crippen LogP contribution in [0.15, 0.2) is 18.2 Å². The zero-order chi connectivity index (χ0) is 17.4. The number of hydrogen-bond acceptors (Lipinski definition) is 6. The van der Waals surface area contributed by atoms with Gasteiger partial charge in [-0.3, -0.25) is 4.79 Å². The Morgan fingerprint density at radius 1 is 1.32 bits per heavy atom. The van der Waals surface area contributed by atoms with Gasteiger partial charge in [0.1, 0.15) is 5.82 Å². The number of nitrogen functional groups attached to an aromatic ring is 1. The van der Waals surface area contributed by atoms with Gasteiger partial charge in [0.2, 0.25) is 5.91 Å². The summed E-state index contributed by atoms with van der Waals surface area (Å²) in [5.41, 5.74) is 6.83. The third kappa shape index (κ3) is 3.04. The number of carbonyl (C=O) groups excluding carboxylic acids is 1. The highest BCUT2D eigenvalue weighted by atomic mass is 32.1. The molecule has 7 heteroatoms. The highest BCUT2D eigenvalue weighted by Crippen LogP contribution is 2.47. The van der Waals surface area contributed by atoms with E-state index in [-0.39, 0.29) is 17.9 Å². The molecule has 2 aliphatic rings. The fourth-order valence-electron chi connectivity index (χ4n) is 3.65. The number of thiazole rings is 1. The molecule has 1 saturated carbocycles. The maximum atomic E-state index is 12.2. The summed E-state index contributed by atoms with van der Waals surface area (Å²) in [5, 5.41) is 3.27. The van der Waals surface area contributed by atoms with Crippen LogP contribution < -0.4 is 20.5 Å². The second kappa shape index (κ2) is 6.55. The van der Waals surface area contributed by atoms with Crippen molar-refractivity contribution in [3.8, 4) is 11.5 Å². The van der Waals surface area contributed by atoms with E-state index in [4.69, 9.17) is 15.2 Å². The van der Waals surface area contributed by atoms with Crippen LogP contribution in [0, 0.1) is 0 Å². The smallest absolute Gasteiger partial charge is 0.226 e. The van der Waals surface area contributed by atoms with E-state index in [1.165, 1.54) is 24.2 Å². The molecule has 1 unspecified atom stereocenters. The molecule has 1 aromatic carbocycles. The maximum absolute atomic E-state index is 12.2. The number of aromatic nitrogens is 1. The zero-order valence-electron chi connectivity index (χ0n) is 14.1. The van der Waals surface area contributed by atoms with E-state index >= 15 is 0 Å². The molecule has 0 saturated heterocycles. The number of benzene rings is 1. The van der Waals surface area contributed by atoms with Crippen molar-refractivity contribution >= 4 is 28.2 Å². The van der Waals surface area contributed by atoms with Gasteiger partial charge in [0.25, 0.3) is 0 Å². The first-order valence-corrected chi connectivity index (χ1v) is 9.37. The summed E-state index contributed by atoms with van der Waals surface area (Å²) >= 11 is 1.42. The average molecular weight is 359 g/mol. The fourth-order valence-corrected chi connectivity index (χ4v) is 4.56. The molecular weight excluding hydrogens is 338 g/mol. The summed E-state index contributed by atoms with van der Waals surface area (Å²) in [5.74, 6) is 1.84. The van der Waals surface area contributed by atoms with Crippen molar-refractivity contribution in [2.75, 3.05) is 18.2 Å². The molecular formula is C18H21N3O3S. The Balaban J connectivity index is 1.78. The van der Waals surface area contributed by atoms with Crippen molar-refractivity contribution in [1.29, 1.82) is 0 Å². The number of fused-ring (bicyclic) bond motifs is 1. The summed E-state index contributed by atoms with van der Waals surface area (Å²) in [7, 11) is 1.64. The van der Waals surface area contributed by atoms with Crippen LogP contribution in [0.2, 0.25) is 0 Å². The summed E-state index contributed by atoms with van der Waals surface area (Å²) < 4.78 is 11.9. The van der Waals surface area contributed by atoms with Gasteiger partial charge in [-0.25, -0.2) is 4.98 Å². The number of nitrogens with one attached hydrogen (secondary N) is 1. The van der Waals surface area contributed by atoms with E-state index in [2.05, 4.69) is 10.3 Å². The molecule has 1 fully saturated rings. The first kappa shape index (κ1) is 16.2. The van der Waals surface area contributed by atoms with E-state index in [9.17, 15) is 4.79 Å². The molecule has 25 heavy (non-hydrogen) atoms. The first-order chi connectivity index (χ1) is 12.2. The Hall–Kier alpha value is -2.28. The van der Waals surface area contributed by atoms with Crippen LogP contribution in [0.1, 0.15) is 48.5 Å². The second-order valence-corrected chi connectivity index (χ2v) is 7.54. The SMILES string of the molecule is COc1cccc(C2CC(=O)Nc3nc(N)sc32)c1OC1CCCC1. The van der Waals surface area contributed by atoms with Crippen molar-refractivity contribution < 1.29 is 14.3 Å². The summed E-state index contributed by atoms with van der Waals surface area (Å²) in [6.07, 6.45) is 5.05. The molecule has 2 aromatic rings. The molecule has 1 aromatic heterocycles. The second-order valence-electron chi connectivity index (χ2n) is 6.47. The standard InChI is InChI=1S/C18H21N3O3S/c1-23-13-8-4-7-11(15(13)24-10-5-2-3-6-10)12-9-14(22)20-17-16(12)25-18(19)21-17/h4,7-8,10,12H,2-3,5-6,9H2,1H3,(H2,19,21)(H,20,22). The number of nitrogens with two attached hydrogens (primary N) is 1. The van der Waals surface area contributed by atoms with Crippen LogP contribution in [0.5, 0.6) is 11.5 Å². The Kier molecular flexibility index (Phi) is 4.25. The quantitative estimate of drug-likeness (QED) is 0.872. The lowest BCUT2D eigenvalue weighted by Gasteiger charge is -2.26. The first-order valence-electron chi connectivity index (χ1n) is 8.55. The predicted molar refractivity (Wildman–Crippen MR) is 97.5 cm³/mol. The van der Waals surface area contributed by atoms with Crippen molar-refractivity contribution in [3.63, 3.8) is 0 Å². The third-order valence-electron chi connectivity index (χ3n) is 4.83. The molecule has 0 radical (unpaired) electrons. The summed E-state index contributed by atoms with van der Waals surface area (Å²) in [4.78, 5) is 17.4. The number of amides is 1. The number of ether oxygens (including phenoxy) is 2. The van der Waals surface area contributed by atoms with Crippen LogP contribution in [0.4, 0.5) is 10.9 Å². The van der Waals surface area contributed by atoms with Gasteiger partial charge in [-0.1, -0.05) is 23.5 Å². The number of rotatable bonds is 4. The van der Waals surface area contributed by atoms with Crippen LogP contribution in [-0.4, -0.2) is 24.1 Å². The lowest BCUT2D eigenvalue weighted by molar-refractivity contribution is -0.116. The number of carbonyl (C=O) groups is 1. The van der Waals surface area contributed by atoms with Crippen LogP contribution in [0.25, 0.3) is 0 Å². The van der Waals surface area contributed by atoms with E-state index in [0.717, 1.165) is 29.0 Å². The van der Waals surface area contributed by atoms with Gasteiger partial charge in [0.15, 0.2) is 16.6 Å². The van der Waals surface area contributed by atoms with Gasteiger partial charge < -0.3 is 20.5 Å². The monoisotopic (exact) mass is 359 g/mol. The van der Waals surface area contributed by atoms with Crippen LogP contribution in [-0.2, 0) is 4.79 Å². The molecule has 1 aliphatic heterocycles. The van der Waals surface area contributed by atoms with Gasteiger partial charge >= 0.3 is 0 Å². The molecule has 0 spiro atoms. The Bertz CT molecular complexity index is 799. The maximum Gasteiger partial charge on any atom is 0.226 e. The number of para-hydroxylation sites is 1. The lowest BCUT2D eigenvalue weighted by Crippen LogP contribution is -2.23. The summed E-state index contributed by atoms with van der Waals surface area (Å²) in [6.45, 7) is 0. The molecule has 2 heterocycles. The van der Waals surface area contributed by atoms with Gasteiger partial charge in [-0.05, 0) is 31.7 Å². The number of methoxy groups -OCH3 is 1. The predicted octanol–water partition coefficient (Wildman–Crippen LogP) is 3.53. The van der Waals surface area contributed by atoms with Crippen LogP contribution >= 0.6 is 11.3 Å². The molecule has 4 rings (SSSR count). The van der Waals surface area contributed by atoms with Crippen molar-refractivity contribution in [2.24, 2.45) is 0 Å². The topological polar surface area (TPSA) is 86.5 Å². The zero-order valence-corrected chi connectivity index (χ0v) is 14.9. The van der Waals surface area contributed by atoms with Crippen LogP contribution in [0.3, 0.4) is 0 Å². The van der Waals surface area contributed by atoms with Gasteiger partial charge in [0.05, 0.1) is 18.1 Å². The molecule has 132 valence electrons. The van der Waals surface area contributed by atoms with Crippen molar-refractivity contribution in [2.45, 2.75) is 44.1 Å². The Labute approximate surface area is 150 Å². The lowest BCUT2D eigenvalue weighted by atomic mass is 9.90. The fraction of sp³-hybridized carbons (Fsp3) is 0.444. The summed E-state index contributed by atoms with van der Waals surface area (Å²) in [6, 6.07) is 5.85. The normalized spacial score (nSPS) is 20.2. The van der Waals surface area contributed by atoms with E-state index < -0.39 is 0 Å². The molecule has 1 amide bonds. The highest BCUT2D eigenvalue weighted by molar-refractivity contribution is 7.16. The number of nitrogens with zero attached hydrogens (tertiary/aromatic N) is 1. The van der Waals surface area contributed by atoms with E-state index in [0.29, 0.717) is 23.1 Å². The molecule has 6 nitrogen and oxygen atoms in total. The average Bonchev–Trinajstić information content (AvgIpc) is 3.23. The Morgan fingerprint density at radius 3 is 2.88 bits per heavy atom. The molecule has 3 N–H and O–H groups in total. The minimum atomic E-state index is -0.120. The Morgan fingerprint density at radius 2 is 2.12 bits per heavy atom. The van der Waals surface area contributed by atoms with E-state index in [1.807, 2.05) is 18.2 Å². The van der Waals surface area contributed by atoms with Crippen molar-refractivity contribution in [1.82, 2.24) is 4.98 Å². The largest absolute Gasteiger partial charge is 0.493 e. The van der Waals surface area contributed by atoms with E-state index in [1.54, 1.807) is 7.11 Å². The number of hydrogen-bond donors (Lipinski definition) is 2. The van der Waals surface area contributed by atoms with Crippen molar-refractivity contribution in [3.05, 3.63) is 28.6 Å². The van der Waals surface area contributed by atoms with Gasteiger partial charge in [-0.15, -0.1) is 0 Å². The van der Waals surface area contributed by atoms with Gasteiger partial charge in [-0.2, -0.15) is 0 Å². The third-order valence-corrected chi connectivity index (χ3v) is 5.82. The highest BCUT2D eigenvalue weighted by Gasteiger charge is 2.33. The minimum Gasteiger partial charge on any atom is -0.493 e. The van der Waals surface area contributed by atoms with Gasteiger partial charge in [0, 0.05) is 17.9 Å². The molecule has 0 bridgehead atoms. The molecule has 1 atom stereocenters. The number of anilines is 2. The minimum absolute atomic E-state index is 0.0579. The molecule has 1 aliphatic carbocycles.